The van der Waals surface area contributed by atoms with E-state index in [9.17, 15) is 9.18 Å². The van der Waals surface area contributed by atoms with Crippen molar-refractivity contribution in [2.24, 2.45) is 5.92 Å². The number of carbonyl (C=O) groups is 1. The summed E-state index contributed by atoms with van der Waals surface area (Å²) in [6.45, 7) is 1.02. The van der Waals surface area contributed by atoms with Crippen LogP contribution in [0.15, 0.2) is 24.3 Å². The SMILES string of the molecule is O=C(O)c1ccccc1N1CCC(CF)C1. The lowest BCUT2D eigenvalue weighted by Crippen LogP contribution is -2.22. The van der Waals surface area contributed by atoms with E-state index < -0.39 is 5.97 Å². The molecule has 3 nitrogen and oxygen atoms in total. The van der Waals surface area contributed by atoms with Crippen LogP contribution in [-0.4, -0.2) is 30.8 Å². The fraction of sp³-hybridized carbons (Fsp3) is 0.417. The Hall–Kier alpha value is -1.58. The fourth-order valence-corrected chi connectivity index (χ4v) is 2.11. The summed E-state index contributed by atoms with van der Waals surface area (Å²) in [6, 6.07) is 6.88. The average molecular weight is 223 g/mol. The van der Waals surface area contributed by atoms with Gasteiger partial charge in [-0.1, -0.05) is 12.1 Å². The van der Waals surface area contributed by atoms with Gasteiger partial charge in [0, 0.05) is 19.0 Å². The van der Waals surface area contributed by atoms with Crippen molar-refractivity contribution in [3.05, 3.63) is 29.8 Å². The first-order valence-corrected chi connectivity index (χ1v) is 5.35. The third kappa shape index (κ3) is 2.01. The summed E-state index contributed by atoms with van der Waals surface area (Å²) in [6.07, 6.45) is 0.796. The zero-order valence-corrected chi connectivity index (χ0v) is 8.90. The highest BCUT2D eigenvalue weighted by molar-refractivity contribution is 5.94. The number of anilines is 1. The van der Waals surface area contributed by atoms with Gasteiger partial charge in [0.2, 0.25) is 0 Å². The van der Waals surface area contributed by atoms with Crippen LogP contribution in [0.3, 0.4) is 0 Å². The predicted molar refractivity (Wildman–Crippen MR) is 59.7 cm³/mol. The quantitative estimate of drug-likeness (QED) is 0.853. The van der Waals surface area contributed by atoms with Gasteiger partial charge in [-0.2, -0.15) is 0 Å². The van der Waals surface area contributed by atoms with Crippen LogP contribution in [0.2, 0.25) is 0 Å². The Balaban J connectivity index is 2.24. The van der Waals surface area contributed by atoms with Crippen LogP contribution in [0.1, 0.15) is 16.8 Å². The van der Waals surface area contributed by atoms with E-state index >= 15 is 0 Å². The van der Waals surface area contributed by atoms with Crippen LogP contribution in [0.5, 0.6) is 0 Å². The van der Waals surface area contributed by atoms with Crippen LogP contribution >= 0.6 is 0 Å². The second-order valence-electron chi connectivity index (χ2n) is 4.08. The van der Waals surface area contributed by atoms with Crippen molar-refractivity contribution in [1.29, 1.82) is 0 Å². The van der Waals surface area contributed by atoms with Crippen LogP contribution in [0.25, 0.3) is 0 Å². The standard InChI is InChI=1S/C12H14FNO2/c13-7-9-5-6-14(8-9)11-4-2-1-3-10(11)12(15)16/h1-4,9H,5-8H2,(H,15,16). The minimum absolute atomic E-state index is 0.0434. The molecule has 0 amide bonds. The average Bonchev–Trinajstić information content (AvgIpc) is 2.77. The number of benzene rings is 1. The van der Waals surface area contributed by atoms with Crippen LogP contribution in [0.4, 0.5) is 10.1 Å². The smallest absolute Gasteiger partial charge is 0.337 e. The summed E-state index contributed by atoms with van der Waals surface area (Å²) in [5.74, 6) is -0.888. The highest BCUT2D eigenvalue weighted by Crippen LogP contribution is 2.27. The number of hydrogen-bond donors (Lipinski definition) is 1. The zero-order valence-electron chi connectivity index (χ0n) is 8.90. The monoisotopic (exact) mass is 223 g/mol. The largest absolute Gasteiger partial charge is 0.478 e. The lowest BCUT2D eigenvalue weighted by molar-refractivity contribution is 0.0697. The molecule has 1 heterocycles. The highest BCUT2D eigenvalue weighted by atomic mass is 19.1. The van der Waals surface area contributed by atoms with Gasteiger partial charge in [-0.25, -0.2) is 4.79 Å². The normalized spacial score (nSPS) is 20.1. The highest BCUT2D eigenvalue weighted by Gasteiger charge is 2.25. The van der Waals surface area contributed by atoms with Gasteiger partial charge in [0.05, 0.1) is 17.9 Å². The van der Waals surface area contributed by atoms with Crippen LogP contribution in [-0.2, 0) is 0 Å². The van der Waals surface area contributed by atoms with Gasteiger partial charge < -0.3 is 10.0 Å². The van der Waals surface area contributed by atoms with Crippen LogP contribution in [0, 0.1) is 5.92 Å². The Morgan fingerprint density at radius 3 is 2.88 bits per heavy atom. The van der Waals surface area contributed by atoms with Crippen molar-refractivity contribution in [1.82, 2.24) is 0 Å². The molecule has 86 valence electrons. The van der Waals surface area contributed by atoms with Crippen molar-refractivity contribution < 1.29 is 14.3 Å². The van der Waals surface area contributed by atoms with E-state index in [0.29, 0.717) is 17.8 Å². The number of rotatable bonds is 3. The van der Waals surface area contributed by atoms with Gasteiger partial charge in [-0.15, -0.1) is 0 Å². The van der Waals surface area contributed by atoms with Crippen LogP contribution < -0.4 is 4.90 Å². The lowest BCUT2D eigenvalue weighted by Gasteiger charge is -2.20. The molecule has 1 aliphatic heterocycles. The Bertz CT molecular complexity index is 394. The van der Waals surface area contributed by atoms with Gasteiger partial charge in [0.1, 0.15) is 0 Å². The molecule has 0 aliphatic carbocycles. The first-order chi connectivity index (χ1) is 7.72. The van der Waals surface area contributed by atoms with Gasteiger partial charge in [0.25, 0.3) is 0 Å². The fourth-order valence-electron chi connectivity index (χ4n) is 2.11. The van der Waals surface area contributed by atoms with E-state index in [4.69, 9.17) is 5.11 Å². The molecule has 1 fully saturated rings. The summed E-state index contributed by atoms with van der Waals surface area (Å²) in [5, 5.41) is 9.05. The molecular formula is C12H14FNO2. The number of aromatic carboxylic acids is 1. The molecule has 1 atom stereocenters. The predicted octanol–water partition coefficient (Wildman–Crippen LogP) is 2.18. The van der Waals surface area contributed by atoms with E-state index in [1.54, 1.807) is 18.2 Å². The lowest BCUT2D eigenvalue weighted by atomic mass is 10.1. The number of alkyl halides is 1. The summed E-state index contributed by atoms with van der Waals surface area (Å²) >= 11 is 0. The van der Waals surface area contributed by atoms with Crippen molar-refractivity contribution >= 4 is 11.7 Å². The maximum Gasteiger partial charge on any atom is 0.337 e. The Morgan fingerprint density at radius 1 is 1.50 bits per heavy atom. The third-order valence-corrected chi connectivity index (χ3v) is 2.98. The van der Waals surface area contributed by atoms with Gasteiger partial charge >= 0.3 is 5.97 Å². The summed E-state index contributed by atoms with van der Waals surface area (Å²) in [7, 11) is 0. The first-order valence-electron chi connectivity index (χ1n) is 5.35. The molecule has 1 N–H and O–H groups in total. The summed E-state index contributed by atoms with van der Waals surface area (Å²) in [5.41, 5.74) is 0.993. The van der Waals surface area contributed by atoms with Crippen molar-refractivity contribution in [2.75, 3.05) is 24.7 Å². The number of carboxylic acids is 1. The van der Waals surface area contributed by atoms with Gasteiger partial charge in [-0.05, 0) is 18.6 Å². The molecule has 1 unspecified atom stereocenters. The zero-order chi connectivity index (χ0) is 11.5. The van der Waals surface area contributed by atoms with E-state index in [2.05, 4.69) is 0 Å². The number of nitrogens with zero attached hydrogens (tertiary/aromatic N) is 1. The number of para-hydroxylation sites is 1. The number of carboxylic acid groups (broad SMARTS) is 1. The maximum absolute atomic E-state index is 12.5. The molecule has 0 spiro atoms. The Labute approximate surface area is 93.5 Å². The molecule has 0 bridgehead atoms. The van der Waals surface area contributed by atoms with E-state index in [1.165, 1.54) is 0 Å². The molecule has 0 saturated carbocycles. The number of hydrogen-bond acceptors (Lipinski definition) is 2. The molecule has 4 heteroatoms. The van der Waals surface area contributed by atoms with Gasteiger partial charge in [-0.3, -0.25) is 4.39 Å². The van der Waals surface area contributed by atoms with Crippen molar-refractivity contribution in [2.45, 2.75) is 6.42 Å². The second kappa shape index (κ2) is 4.51. The molecule has 1 aromatic carbocycles. The molecule has 1 saturated heterocycles. The van der Waals surface area contributed by atoms with Crippen molar-refractivity contribution in [3.8, 4) is 0 Å². The molecule has 2 rings (SSSR count). The summed E-state index contributed by atoms with van der Waals surface area (Å²) in [4.78, 5) is 13.0. The van der Waals surface area contributed by atoms with E-state index in [-0.39, 0.29) is 12.6 Å². The topological polar surface area (TPSA) is 40.5 Å². The van der Waals surface area contributed by atoms with E-state index in [0.717, 1.165) is 13.0 Å². The molecule has 1 aromatic rings. The Kier molecular flexibility index (Phi) is 3.08. The molecule has 1 aliphatic rings. The molecule has 0 aromatic heterocycles. The first kappa shape index (κ1) is 10.9. The molecular weight excluding hydrogens is 209 g/mol. The van der Waals surface area contributed by atoms with E-state index in [1.807, 2.05) is 11.0 Å². The van der Waals surface area contributed by atoms with Gasteiger partial charge in [0.15, 0.2) is 0 Å². The minimum Gasteiger partial charge on any atom is -0.478 e. The molecule has 0 radical (unpaired) electrons. The maximum atomic E-state index is 12.5. The second-order valence-corrected chi connectivity index (χ2v) is 4.08. The summed E-state index contributed by atoms with van der Waals surface area (Å²) < 4.78 is 12.5. The minimum atomic E-state index is -0.931. The molecule has 16 heavy (non-hydrogen) atoms. The third-order valence-electron chi connectivity index (χ3n) is 2.98. The van der Waals surface area contributed by atoms with Crippen molar-refractivity contribution in [3.63, 3.8) is 0 Å². The number of halogens is 1. The Morgan fingerprint density at radius 2 is 2.25 bits per heavy atom.